The van der Waals surface area contributed by atoms with E-state index in [0.29, 0.717) is 6.61 Å². The number of para-hydroxylation sites is 1. The first-order valence-corrected chi connectivity index (χ1v) is 10.8. The van der Waals surface area contributed by atoms with Crippen LogP contribution in [-0.4, -0.2) is 24.8 Å². The number of nitrogens with zero attached hydrogens (tertiary/aromatic N) is 2. The number of hydrogen-bond acceptors (Lipinski definition) is 4. The zero-order valence-corrected chi connectivity index (χ0v) is 18.6. The van der Waals surface area contributed by atoms with Gasteiger partial charge in [0.25, 0.3) is 0 Å². The van der Waals surface area contributed by atoms with Crippen LogP contribution in [0.25, 0.3) is 10.8 Å². The maximum atomic E-state index is 6.90. The van der Waals surface area contributed by atoms with Crippen LogP contribution in [0.1, 0.15) is 33.3 Å². The molecule has 0 fully saturated rings. The van der Waals surface area contributed by atoms with Crippen molar-refractivity contribution in [3.63, 3.8) is 0 Å². The largest absolute Gasteiger partial charge is 0.459 e. The van der Waals surface area contributed by atoms with Crippen molar-refractivity contribution in [1.29, 1.82) is 0 Å². The van der Waals surface area contributed by atoms with E-state index < -0.39 is 5.72 Å². The number of rotatable bonds is 4. The molecule has 2 aliphatic heterocycles. The Morgan fingerprint density at radius 1 is 1.10 bits per heavy atom. The lowest BCUT2D eigenvalue weighted by atomic mass is 9.77. The van der Waals surface area contributed by atoms with Crippen LogP contribution in [0.3, 0.4) is 0 Å². The predicted molar refractivity (Wildman–Crippen MR) is 128 cm³/mol. The summed E-state index contributed by atoms with van der Waals surface area (Å²) in [5.74, 6) is 0.791. The van der Waals surface area contributed by atoms with Crippen LogP contribution >= 0.6 is 0 Å². The maximum absolute atomic E-state index is 6.90. The predicted octanol–water partition coefficient (Wildman–Crippen LogP) is 6.37. The molecule has 3 aromatic carbocycles. The summed E-state index contributed by atoms with van der Waals surface area (Å²) in [5.41, 5.74) is 3.04. The zero-order valence-electron chi connectivity index (χ0n) is 18.6. The first-order valence-electron chi connectivity index (χ1n) is 10.8. The van der Waals surface area contributed by atoms with Crippen molar-refractivity contribution in [2.24, 2.45) is 4.99 Å². The van der Waals surface area contributed by atoms with Gasteiger partial charge in [-0.05, 0) is 50.8 Å². The van der Waals surface area contributed by atoms with Crippen molar-refractivity contribution in [2.45, 2.75) is 45.1 Å². The highest BCUT2D eigenvalue weighted by atomic mass is 16.5. The van der Waals surface area contributed by atoms with Crippen LogP contribution in [0.5, 0.6) is 5.75 Å². The van der Waals surface area contributed by atoms with Gasteiger partial charge in [-0.2, -0.15) is 0 Å². The Kier molecular flexibility index (Phi) is 4.45. The molecule has 0 amide bonds. The van der Waals surface area contributed by atoms with Gasteiger partial charge in [0.15, 0.2) is 0 Å². The van der Waals surface area contributed by atoms with Gasteiger partial charge in [0, 0.05) is 11.1 Å². The third-order valence-corrected chi connectivity index (χ3v) is 6.52. The van der Waals surface area contributed by atoms with Crippen molar-refractivity contribution in [3.05, 3.63) is 78.4 Å². The minimum Gasteiger partial charge on any atom is -0.459 e. The number of ether oxygens (including phenoxy) is 2. The van der Waals surface area contributed by atoms with E-state index >= 15 is 0 Å². The van der Waals surface area contributed by atoms with E-state index in [-0.39, 0.29) is 11.6 Å². The molecule has 0 saturated heterocycles. The van der Waals surface area contributed by atoms with E-state index in [1.165, 1.54) is 5.56 Å². The van der Waals surface area contributed by atoms with Crippen LogP contribution in [0.2, 0.25) is 0 Å². The van der Waals surface area contributed by atoms with E-state index in [1.807, 2.05) is 31.3 Å². The molecule has 0 bridgehead atoms. The van der Waals surface area contributed by atoms with E-state index in [4.69, 9.17) is 14.5 Å². The number of anilines is 1. The molecule has 1 spiro atoms. The lowest BCUT2D eigenvalue weighted by Gasteiger charge is -2.48. The van der Waals surface area contributed by atoms with Crippen molar-refractivity contribution < 1.29 is 9.47 Å². The number of benzene rings is 3. The smallest absolute Gasteiger partial charge is 0.230 e. The summed E-state index contributed by atoms with van der Waals surface area (Å²) in [4.78, 5) is 7.23. The summed E-state index contributed by atoms with van der Waals surface area (Å²) in [7, 11) is 0. The highest BCUT2D eigenvalue weighted by Gasteiger charge is 2.61. The Labute approximate surface area is 183 Å². The van der Waals surface area contributed by atoms with Crippen molar-refractivity contribution >= 4 is 28.4 Å². The summed E-state index contributed by atoms with van der Waals surface area (Å²) in [6.07, 6.45) is 1.75. The van der Waals surface area contributed by atoms with Gasteiger partial charge in [-0.15, -0.1) is 0 Å². The van der Waals surface area contributed by atoms with E-state index in [2.05, 4.69) is 74.7 Å². The number of fused-ring (bicyclic) bond motifs is 4. The monoisotopic (exact) mass is 412 g/mol. The molecule has 2 unspecified atom stereocenters. The molecule has 0 aliphatic carbocycles. The Balaban J connectivity index is 1.67. The fraction of sp³-hybridized carbons (Fsp3) is 0.296. The molecule has 3 aromatic rings. The van der Waals surface area contributed by atoms with Gasteiger partial charge in [-0.1, -0.05) is 60.7 Å². The summed E-state index contributed by atoms with van der Waals surface area (Å²) in [5, 5.41) is 2.25. The normalized spacial score (nSPS) is 21.6. The molecule has 0 saturated carbocycles. The first kappa shape index (κ1) is 19.8. The molecular formula is C27H28N2O2. The van der Waals surface area contributed by atoms with Crippen LogP contribution in [0.15, 0.2) is 77.8 Å². The second-order valence-electron chi connectivity index (χ2n) is 9.07. The summed E-state index contributed by atoms with van der Waals surface area (Å²) in [6, 6.07) is 20.9. The quantitative estimate of drug-likeness (QED) is 0.467. The number of hydrogen-bond donors (Lipinski definition) is 0. The highest BCUT2D eigenvalue weighted by molar-refractivity contribution is 5.99. The topological polar surface area (TPSA) is 34.1 Å². The first-order chi connectivity index (χ1) is 14.8. The number of aliphatic imine (C=N–C) groups is 1. The fourth-order valence-corrected chi connectivity index (χ4v) is 4.89. The second kappa shape index (κ2) is 6.96. The maximum Gasteiger partial charge on any atom is 0.230 e. The third kappa shape index (κ3) is 2.82. The van der Waals surface area contributed by atoms with Crippen LogP contribution in [0.4, 0.5) is 11.4 Å². The molecule has 0 aromatic heterocycles. The average molecular weight is 413 g/mol. The molecule has 0 N–H and O–H groups in total. The fourth-order valence-electron chi connectivity index (χ4n) is 4.89. The highest BCUT2D eigenvalue weighted by Crippen LogP contribution is 2.55. The van der Waals surface area contributed by atoms with Crippen molar-refractivity contribution in [3.8, 4) is 5.75 Å². The van der Waals surface area contributed by atoms with Gasteiger partial charge in [-0.3, -0.25) is 4.99 Å². The lowest BCUT2D eigenvalue weighted by molar-refractivity contribution is 0.00638. The molecule has 2 aliphatic rings. The SMILES string of the molecule is C=C(C)COC(C)N1c2ccccc2C(C)(C)C12C=Nc1c(ccc3ccccc13)O2. The zero-order chi connectivity index (χ0) is 21.8. The molecule has 4 heteroatoms. The Morgan fingerprint density at radius 2 is 1.84 bits per heavy atom. The summed E-state index contributed by atoms with van der Waals surface area (Å²) < 4.78 is 13.1. The minimum atomic E-state index is -0.805. The Bertz CT molecular complexity index is 1210. The molecule has 2 heterocycles. The lowest BCUT2D eigenvalue weighted by Crippen LogP contribution is -2.64. The molecule has 0 radical (unpaired) electrons. The van der Waals surface area contributed by atoms with E-state index in [1.54, 1.807) is 0 Å². The van der Waals surface area contributed by atoms with Crippen LogP contribution < -0.4 is 9.64 Å². The van der Waals surface area contributed by atoms with Gasteiger partial charge < -0.3 is 14.4 Å². The average Bonchev–Trinajstić information content (AvgIpc) is 2.95. The van der Waals surface area contributed by atoms with Gasteiger partial charge in [0.2, 0.25) is 5.72 Å². The minimum absolute atomic E-state index is 0.229. The molecule has 2 atom stereocenters. The second-order valence-corrected chi connectivity index (χ2v) is 9.07. The van der Waals surface area contributed by atoms with Gasteiger partial charge in [0.05, 0.1) is 18.2 Å². The standard InChI is InChI=1S/C27H28N2O2/c1-18(2)16-30-19(3)29-23-13-9-8-12-22(23)26(4,5)27(29)17-28-25-21-11-7-6-10-20(21)14-15-24(25)31-27/h6-15,17,19H,1,16H2,2-5H3. The van der Waals surface area contributed by atoms with Gasteiger partial charge in [0.1, 0.15) is 17.7 Å². The molecule has 158 valence electrons. The van der Waals surface area contributed by atoms with Crippen molar-refractivity contribution in [2.75, 3.05) is 11.5 Å². The van der Waals surface area contributed by atoms with Crippen LogP contribution in [-0.2, 0) is 10.2 Å². The molecule has 5 rings (SSSR count). The Morgan fingerprint density at radius 3 is 2.65 bits per heavy atom. The van der Waals surface area contributed by atoms with Crippen molar-refractivity contribution in [1.82, 2.24) is 0 Å². The van der Waals surface area contributed by atoms with Gasteiger partial charge >= 0.3 is 0 Å². The van der Waals surface area contributed by atoms with E-state index in [0.717, 1.165) is 33.5 Å². The summed E-state index contributed by atoms with van der Waals surface area (Å²) in [6.45, 7) is 13.0. The molecule has 4 nitrogen and oxygen atoms in total. The molecular weight excluding hydrogens is 384 g/mol. The molecule has 31 heavy (non-hydrogen) atoms. The van der Waals surface area contributed by atoms with E-state index in [9.17, 15) is 0 Å². The summed E-state index contributed by atoms with van der Waals surface area (Å²) >= 11 is 0. The third-order valence-electron chi connectivity index (χ3n) is 6.52. The van der Waals surface area contributed by atoms with Crippen LogP contribution in [0, 0.1) is 0 Å². The van der Waals surface area contributed by atoms with Gasteiger partial charge in [-0.25, -0.2) is 0 Å². The Hall–Kier alpha value is -3.11.